The van der Waals surface area contributed by atoms with E-state index in [0.717, 1.165) is 26.2 Å². The number of tetrazole rings is 1. The Balaban J connectivity index is 1.53. The number of ether oxygens (including phenoxy) is 2. The number of aromatic nitrogens is 5. The summed E-state index contributed by atoms with van der Waals surface area (Å²) in [5.74, 6) is -0.319. The highest BCUT2D eigenvalue weighted by Crippen LogP contribution is 2.44. The fraction of sp³-hybridized carbons (Fsp3) is 0.406. The number of amides is 1. The van der Waals surface area contributed by atoms with Crippen LogP contribution >= 0.6 is 0 Å². The maximum absolute atomic E-state index is 14.0. The van der Waals surface area contributed by atoms with Crippen LogP contribution < -0.4 is 9.80 Å². The molecule has 1 amide bonds. The molecule has 0 saturated heterocycles. The second-order valence-electron chi connectivity index (χ2n) is 11.6. The van der Waals surface area contributed by atoms with E-state index in [9.17, 15) is 44.3 Å². The lowest BCUT2D eigenvalue weighted by molar-refractivity contribution is -0.143. The lowest BCUT2D eigenvalue weighted by Gasteiger charge is -2.43. The molecule has 2 aromatic carbocycles. The molecule has 0 bridgehead atoms. The molecule has 5 rings (SSSR count). The summed E-state index contributed by atoms with van der Waals surface area (Å²) >= 11 is 0. The Labute approximate surface area is 284 Å². The van der Waals surface area contributed by atoms with Gasteiger partial charge in [0.05, 0.1) is 48.8 Å². The van der Waals surface area contributed by atoms with E-state index in [1.807, 2.05) is 30.3 Å². The molecule has 274 valence electrons. The van der Waals surface area contributed by atoms with Gasteiger partial charge in [-0.1, -0.05) is 42.4 Å². The van der Waals surface area contributed by atoms with Crippen molar-refractivity contribution in [1.29, 1.82) is 0 Å². The predicted molar refractivity (Wildman–Crippen MR) is 162 cm³/mol. The van der Waals surface area contributed by atoms with Gasteiger partial charge in [0.1, 0.15) is 12.3 Å². The molecule has 3 heterocycles. The van der Waals surface area contributed by atoms with Gasteiger partial charge in [-0.15, -0.1) is 5.10 Å². The molecule has 2 aromatic heterocycles. The van der Waals surface area contributed by atoms with Crippen molar-refractivity contribution in [2.24, 2.45) is 7.05 Å². The number of carbonyl (C=O) groups excluding carboxylic acids is 1. The van der Waals surface area contributed by atoms with Gasteiger partial charge in [0, 0.05) is 12.6 Å². The van der Waals surface area contributed by atoms with Crippen LogP contribution in [0.4, 0.5) is 55.9 Å². The number of nitrogens with zero attached hydrogens (tertiary/aromatic N) is 7. The molecule has 19 heteroatoms. The molecule has 1 aliphatic rings. The van der Waals surface area contributed by atoms with E-state index in [2.05, 4.69) is 20.4 Å². The van der Waals surface area contributed by atoms with Crippen molar-refractivity contribution in [3.63, 3.8) is 0 Å². The number of fused-ring (bicyclic) bond motifs is 1. The van der Waals surface area contributed by atoms with Crippen LogP contribution in [0.3, 0.4) is 0 Å². The summed E-state index contributed by atoms with van der Waals surface area (Å²) in [5.41, 5.74) is -4.63. The number of benzene rings is 2. The fourth-order valence-electron chi connectivity index (χ4n) is 5.66. The first-order valence-electron chi connectivity index (χ1n) is 15.4. The summed E-state index contributed by atoms with van der Waals surface area (Å²) in [6, 6.07) is 9.72. The number of aryl methyl sites for hydroxylation is 1. The number of halogens is 9. The monoisotopic (exact) mass is 731 g/mol. The summed E-state index contributed by atoms with van der Waals surface area (Å²) in [6.07, 6.45) is -16.2. The SMILES string of the molecule is CC[C@@H]1C[C@H](N(Cc2cc(C(F)(F)F)cc(C(F)(F)F)c2)c2nnn(C)n2)c2nc(C(F)(F)F)ccc2N1C(=O)OCCOCc1ccccc1. The third-order valence-electron chi connectivity index (χ3n) is 7.99. The first-order chi connectivity index (χ1) is 24.0. The lowest BCUT2D eigenvalue weighted by atomic mass is 9.91. The van der Waals surface area contributed by atoms with Gasteiger partial charge < -0.3 is 14.4 Å². The van der Waals surface area contributed by atoms with Gasteiger partial charge in [-0.3, -0.25) is 4.90 Å². The molecule has 0 radical (unpaired) electrons. The zero-order chi connectivity index (χ0) is 37.1. The highest BCUT2D eigenvalue weighted by Gasteiger charge is 2.44. The predicted octanol–water partition coefficient (Wildman–Crippen LogP) is 7.75. The van der Waals surface area contributed by atoms with Crippen LogP contribution in [0.5, 0.6) is 0 Å². The van der Waals surface area contributed by atoms with Crippen molar-refractivity contribution in [3.05, 3.63) is 94.3 Å². The topological polar surface area (TPSA) is 98.5 Å². The highest BCUT2D eigenvalue weighted by atomic mass is 19.4. The third kappa shape index (κ3) is 8.87. The number of hydrogen-bond donors (Lipinski definition) is 0. The maximum Gasteiger partial charge on any atom is 0.433 e. The normalized spacial score (nSPS) is 16.6. The van der Waals surface area contributed by atoms with Gasteiger partial charge in [-0.05, 0) is 59.5 Å². The Kier molecular flexibility index (Phi) is 10.8. The molecule has 4 aromatic rings. The summed E-state index contributed by atoms with van der Waals surface area (Å²) in [5, 5.41) is 11.6. The van der Waals surface area contributed by atoms with Gasteiger partial charge >= 0.3 is 24.6 Å². The number of hydrogen-bond acceptors (Lipinski definition) is 8. The zero-order valence-electron chi connectivity index (χ0n) is 26.9. The van der Waals surface area contributed by atoms with Crippen molar-refractivity contribution in [2.75, 3.05) is 23.0 Å². The minimum atomic E-state index is -5.16. The van der Waals surface area contributed by atoms with Gasteiger partial charge in [-0.2, -0.15) is 44.3 Å². The van der Waals surface area contributed by atoms with E-state index < -0.39 is 65.6 Å². The highest BCUT2D eigenvalue weighted by molar-refractivity contribution is 5.90. The second kappa shape index (κ2) is 14.7. The van der Waals surface area contributed by atoms with E-state index in [4.69, 9.17) is 9.47 Å². The molecular weight excluding hydrogens is 701 g/mol. The van der Waals surface area contributed by atoms with E-state index in [-0.39, 0.29) is 56.1 Å². The molecule has 1 aliphatic heterocycles. The summed E-state index contributed by atoms with van der Waals surface area (Å²) in [4.78, 5) is 20.5. The maximum atomic E-state index is 14.0. The van der Waals surface area contributed by atoms with Crippen LogP contribution in [0.15, 0.2) is 60.7 Å². The molecule has 51 heavy (non-hydrogen) atoms. The average Bonchev–Trinajstić information content (AvgIpc) is 3.50. The quantitative estimate of drug-likeness (QED) is 0.121. The van der Waals surface area contributed by atoms with E-state index in [0.29, 0.717) is 18.2 Å². The Bertz CT molecular complexity index is 1780. The Hall–Kier alpha value is -4.94. The van der Waals surface area contributed by atoms with Crippen LogP contribution in [0.25, 0.3) is 0 Å². The fourth-order valence-corrected chi connectivity index (χ4v) is 5.66. The third-order valence-corrected chi connectivity index (χ3v) is 7.99. The van der Waals surface area contributed by atoms with Gasteiger partial charge in [0.15, 0.2) is 0 Å². The minimum absolute atomic E-state index is 0.00492. The van der Waals surface area contributed by atoms with Crippen LogP contribution in [-0.2, 0) is 48.2 Å². The lowest BCUT2D eigenvalue weighted by Crippen LogP contribution is -2.48. The van der Waals surface area contributed by atoms with Crippen LogP contribution in [0, 0.1) is 0 Å². The zero-order valence-corrected chi connectivity index (χ0v) is 26.9. The number of rotatable bonds is 10. The van der Waals surface area contributed by atoms with Crippen molar-refractivity contribution in [1.82, 2.24) is 25.2 Å². The molecule has 0 N–H and O–H groups in total. The van der Waals surface area contributed by atoms with E-state index in [1.54, 1.807) is 6.92 Å². The molecular formula is C32H30F9N7O3. The standard InChI is InChI=1S/C32H30F9N7O3/c1-3-23-16-25(47(28-43-45-46(2)44-28)17-20-13-21(30(33,34)35)15-22(14-20)31(36,37)38)27-24(9-10-26(42-27)32(39,40)41)48(23)29(49)51-12-11-50-18-19-7-5-4-6-8-19/h4-10,13-15,23,25H,3,11-12,16-18H2,1-2H3/t23-,25+/m1/s1. The van der Waals surface area contributed by atoms with Crippen molar-refractivity contribution < 1.29 is 53.8 Å². The first-order valence-corrected chi connectivity index (χ1v) is 15.4. The molecule has 0 saturated carbocycles. The molecule has 0 spiro atoms. The largest absolute Gasteiger partial charge is 0.447 e. The Morgan fingerprint density at radius 2 is 1.55 bits per heavy atom. The van der Waals surface area contributed by atoms with Crippen LogP contribution in [0.1, 0.15) is 59.4 Å². The summed E-state index contributed by atoms with van der Waals surface area (Å²) < 4.78 is 135. The summed E-state index contributed by atoms with van der Waals surface area (Å²) in [6.45, 7) is 0.964. The number of alkyl halides is 9. The van der Waals surface area contributed by atoms with Crippen LogP contribution in [-0.4, -0.2) is 50.5 Å². The second-order valence-corrected chi connectivity index (χ2v) is 11.6. The number of carbonyl (C=O) groups is 1. The van der Waals surface area contributed by atoms with Crippen molar-refractivity contribution >= 4 is 17.7 Å². The van der Waals surface area contributed by atoms with Gasteiger partial charge in [0.2, 0.25) is 0 Å². The van der Waals surface area contributed by atoms with E-state index >= 15 is 0 Å². The molecule has 0 fully saturated rings. The minimum Gasteiger partial charge on any atom is -0.447 e. The molecule has 0 aliphatic carbocycles. The molecule has 10 nitrogen and oxygen atoms in total. The average molecular weight is 732 g/mol. The smallest absolute Gasteiger partial charge is 0.433 e. The van der Waals surface area contributed by atoms with Gasteiger partial charge in [0.25, 0.3) is 5.95 Å². The molecule has 0 unspecified atom stereocenters. The Morgan fingerprint density at radius 3 is 2.12 bits per heavy atom. The number of anilines is 2. The summed E-state index contributed by atoms with van der Waals surface area (Å²) in [7, 11) is 1.34. The van der Waals surface area contributed by atoms with E-state index in [1.165, 1.54) is 7.05 Å². The Morgan fingerprint density at radius 1 is 0.882 bits per heavy atom. The molecule has 2 atom stereocenters. The van der Waals surface area contributed by atoms with Gasteiger partial charge in [-0.25, -0.2) is 9.78 Å². The van der Waals surface area contributed by atoms with Crippen molar-refractivity contribution in [3.8, 4) is 0 Å². The first kappa shape index (κ1) is 37.3. The van der Waals surface area contributed by atoms with Crippen molar-refractivity contribution in [2.45, 2.75) is 63.5 Å². The van der Waals surface area contributed by atoms with Crippen LogP contribution in [0.2, 0.25) is 0 Å². The number of pyridine rings is 1.